The van der Waals surface area contributed by atoms with Crippen LogP contribution in [0, 0.1) is 23.7 Å². The van der Waals surface area contributed by atoms with E-state index in [9.17, 15) is 0 Å². The number of fused-ring (bicyclic) bond motifs is 6. The first-order valence-corrected chi connectivity index (χ1v) is 5.94. The fraction of sp³-hybridized carbons (Fsp3) is 1.00. The summed E-state index contributed by atoms with van der Waals surface area (Å²) in [6.45, 7) is 2.33. The Kier molecular flexibility index (Phi) is 1.11. The second kappa shape index (κ2) is 1.98. The van der Waals surface area contributed by atoms with Gasteiger partial charge in [0, 0.05) is 0 Å². The Morgan fingerprint density at radius 2 is 1.85 bits per heavy atom. The number of hydrogen-bond acceptors (Lipinski definition) is 1. The lowest BCUT2D eigenvalue weighted by atomic mass is 9.68. The molecule has 0 aromatic rings. The summed E-state index contributed by atoms with van der Waals surface area (Å²) in [4.78, 5) is 0. The molecular formula is C12H18O. The van der Waals surface area contributed by atoms with Gasteiger partial charge in [0.2, 0.25) is 0 Å². The number of epoxide rings is 1. The summed E-state index contributed by atoms with van der Waals surface area (Å²) in [7, 11) is 0. The summed E-state index contributed by atoms with van der Waals surface area (Å²) in [6.07, 6.45) is 8.10. The summed E-state index contributed by atoms with van der Waals surface area (Å²) >= 11 is 0. The van der Waals surface area contributed by atoms with Crippen molar-refractivity contribution in [1.82, 2.24) is 0 Å². The van der Waals surface area contributed by atoms with Crippen LogP contribution in [-0.2, 0) is 4.74 Å². The number of hydrogen-bond donors (Lipinski definition) is 0. The Labute approximate surface area is 79.8 Å². The molecule has 0 radical (unpaired) electrons. The normalized spacial score (nSPS) is 67.6. The van der Waals surface area contributed by atoms with E-state index in [2.05, 4.69) is 6.92 Å². The molecule has 0 aromatic carbocycles. The van der Waals surface area contributed by atoms with Gasteiger partial charge < -0.3 is 4.74 Å². The van der Waals surface area contributed by atoms with E-state index in [0.717, 1.165) is 23.7 Å². The Morgan fingerprint density at radius 3 is 2.69 bits per heavy atom. The third kappa shape index (κ3) is 0.782. The molecule has 3 aliphatic carbocycles. The van der Waals surface area contributed by atoms with Crippen molar-refractivity contribution < 1.29 is 4.74 Å². The van der Waals surface area contributed by atoms with Gasteiger partial charge in [0.05, 0.1) is 11.7 Å². The molecule has 1 heteroatoms. The van der Waals surface area contributed by atoms with Gasteiger partial charge in [-0.15, -0.1) is 0 Å². The van der Waals surface area contributed by atoms with E-state index in [4.69, 9.17) is 4.74 Å². The highest BCUT2D eigenvalue weighted by Gasteiger charge is 2.63. The Bertz CT molecular complexity index is 262. The Balaban J connectivity index is 1.67. The molecule has 0 aromatic heterocycles. The van der Waals surface area contributed by atoms with Crippen molar-refractivity contribution in [2.75, 3.05) is 0 Å². The molecule has 72 valence electrons. The Hall–Kier alpha value is -0.0400. The zero-order valence-corrected chi connectivity index (χ0v) is 8.33. The highest BCUT2D eigenvalue weighted by atomic mass is 16.6. The van der Waals surface area contributed by atoms with Crippen LogP contribution in [0.1, 0.15) is 39.0 Å². The SMILES string of the molecule is C[C@]12C[C@@H]3[C@H]4CC[C@@H](C4)[C@@H]3C[C@@H]1O2. The summed E-state index contributed by atoms with van der Waals surface area (Å²) in [6, 6.07) is 0. The summed E-state index contributed by atoms with van der Waals surface area (Å²) in [5.74, 6) is 4.32. The van der Waals surface area contributed by atoms with E-state index >= 15 is 0 Å². The molecule has 3 saturated carbocycles. The fourth-order valence-corrected chi connectivity index (χ4v) is 4.70. The third-order valence-corrected chi connectivity index (χ3v) is 5.44. The number of rotatable bonds is 0. The van der Waals surface area contributed by atoms with Crippen molar-refractivity contribution in [3.63, 3.8) is 0 Å². The smallest absolute Gasteiger partial charge is 0.0923 e. The van der Waals surface area contributed by atoms with Gasteiger partial charge in [-0.3, -0.25) is 0 Å². The molecule has 0 spiro atoms. The summed E-state index contributed by atoms with van der Waals surface area (Å²) < 4.78 is 5.83. The minimum absolute atomic E-state index is 0.339. The molecule has 0 N–H and O–H groups in total. The second-order valence-corrected chi connectivity index (χ2v) is 6.02. The molecule has 2 bridgehead atoms. The predicted octanol–water partition coefficient (Wildman–Crippen LogP) is 2.60. The van der Waals surface area contributed by atoms with Crippen LogP contribution in [0.3, 0.4) is 0 Å². The van der Waals surface area contributed by atoms with Crippen LogP contribution >= 0.6 is 0 Å². The van der Waals surface area contributed by atoms with Gasteiger partial charge in [0.15, 0.2) is 0 Å². The molecule has 1 aliphatic heterocycles. The van der Waals surface area contributed by atoms with Crippen molar-refractivity contribution in [2.24, 2.45) is 23.7 Å². The van der Waals surface area contributed by atoms with Crippen LogP contribution < -0.4 is 0 Å². The van der Waals surface area contributed by atoms with E-state index in [1.54, 1.807) is 6.42 Å². The van der Waals surface area contributed by atoms with Crippen LogP contribution in [0.15, 0.2) is 0 Å². The maximum atomic E-state index is 5.83. The van der Waals surface area contributed by atoms with Gasteiger partial charge in [0.1, 0.15) is 0 Å². The fourth-order valence-electron chi connectivity index (χ4n) is 4.70. The lowest BCUT2D eigenvalue weighted by molar-refractivity contribution is 0.153. The van der Waals surface area contributed by atoms with Gasteiger partial charge in [-0.25, -0.2) is 0 Å². The van der Waals surface area contributed by atoms with Crippen molar-refractivity contribution in [3.05, 3.63) is 0 Å². The van der Waals surface area contributed by atoms with Crippen LogP contribution in [0.2, 0.25) is 0 Å². The third-order valence-electron chi connectivity index (χ3n) is 5.44. The molecule has 1 heterocycles. The van der Waals surface area contributed by atoms with E-state index in [0.29, 0.717) is 11.7 Å². The van der Waals surface area contributed by atoms with Crippen molar-refractivity contribution >= 4 is 0 Å². The zero-order chi connectivity index (χ0) is 8.63. The first kappa shape index (κ1) is 7.28. The largest absolute Gasteiger partial charge is 0.366 e. The quantitative estimate of drug-likeness (QED) is 0.519. The van der Waals surface area contributed by atoms with Crippen molar-refractivity contribution in [1.29, 1.82) is 0 Å². The van der Waals surface area contributed by atoms with E-state index in [-0.39, 0.29) is 0 Å². The standard InChI is InChI=1S/C12H18O/c1-12-6-10-8-3-2-7(4-8)9(10)5-11(12)13-12/h7-11H,2-6H2,1H3/t7-,8-,9-,10+,11-,12-/m0/s1. The van der Waals surface area contributed by atoms with Crippen LogP contribution in [-0.4, -0.2) is 11.7 Å². The van der Waals surface area contributed by atoms with E-state index < -0.39 is 0 Å². The topological polar surface area (TPSA) is 12.5 Å². The molecule has 1 nitrogen and oxygen atoms in total. The molecule has 0 unspecified atom stereocenters. The van der Waals surface area contributed by atoms with Gasteiger partial charge in [-0.05, 0) is 62.7 Å². The monoisotopic (exact) mass is 178 g/mol. The lowest BCUT2D eigenvalue weighted by Gasteiger charge is -2.35. The molecule has 4 fully saturated rings. The highest BCUT2D eigenvalue weighted by Crippen LogP contribution is 2.63. The van der Waals surface area contributed by atoms with Gasteiger partial charge in [-0.2, -0.15) is 0 Å². The van der Waals surface area contributed by atoms with Gasteiger partial charge in [-0.1, -0.05) is 0 Å². The minimum Gasteiger partial charge on any atom is -0.366 e. The van der Waals surface area contributed by atoms with Crippen molar-refractivity contribution in [3.8, 4) is 0 Å². The predicted molar refractivity (Wildman–Crippen MR) is 50.3 cm³/mol. The molecule has 4 aliphatic rings. The Morgan fingerprint density at radius 1 is 1.08 bits per heavy atom. The summed E-state index contributed by atoms with van der Waals surface area (Å²) in [5, 5.41) is 0. The van der Waals surface area contributed by atoms with Gasteiger partial charge in [0.25, 0.3) is 0 Å². The van der Waals surface area contributed by atoms with E-state index in [1.807, 2.05) is 0 Å². The molecule has 4 rings (SSSR count). The molecule has 6 atom stereocenters. The highest BCUT2D eigenvalue weighted by molar-refractivity contribution is 5.12. The van der Waals surface area contributed by atoms with Crippen LogP contribution in [0.5, 0.6) is 0 Å². The molecular weight excluding hydrogens is 160 g/mol. The maximum Gasteiger partial charge on any atom is 0.0923 e. The van der Waals surface area contributed by atoms with Crippen molar-refractivity contribution in [2.45, 2.75) is 50.7 Å². The first-order chi connectivity index (χ1) is 6.26. The second-order valence-electron chi connectivity index (χ2n) is 6.02. The first-order valence-electron chi connectivity index (χ1n) is 5.94. The lowest BCUT2D eigenvalue weighted by Crippen LogP contribution is -2.33. The number of ether oxygens (including phenoxy) is 1. The molecule has 13 heavy (non-hydrogen) atoms. The molecule has 1 saturated heterocycles. The zero-order valence-electron chi connectivity index (χ0n) is 8.33. The van der Waals surface area contributed by atoms with Crippen LogP contribution in [0.25, 0.3) is 0 Å². The molecule has 0 amide bonds. The van der Waals surface area contributed by atoms with Crippen LogP contribution in [0.4, 0.5) is 0 Å². The van der Waals surface area contributed by atoms with Gasteiger partial charge >= 0.3 is 0 Å². The average Bonchev–Trinajstić information content (AvgIpc) is 2.50. The minimum atomic E-state index is 0.339. The summed E-state index contributed by atoms with van der Waals surface area (Å²) in [5.41, 5.74) is 0.339. The average molecular weight is 178 g/mol. The van der Waals surface area contributed by atoms with E-state index in [1.165, 1.54) is 25.7 Å². The maximum absolute atomic E-state index is 5.83.